The van der Waals surface area contributed by atoms with Crippen LogP contribution in [0.15, 0.2) is 42.6 Å². The standard InChI is InChI=1S/C12H16NO/c1-13(2,3)10-9-12(14)11-7-5-4-6-8-11/h4-10H,1-3H3/q+1. The lowest BCUT2D eigenvalue weighted by Gasteiger charge is -2.16. The van der Waals surface area contributed by atoms with Crippen molar-refractivity contribution in [2.24, 2.45) is 0 Å². The molecule has 0 aromatic heterocycles. The van der Waals surface area contributed by atoms with Crippen molar-refractivity contribution in [3.05, 3.63) is 48.2 Å². The molecule has 0 saturated carbocycles. The van der Waals surface area contributed by atoms with Gasteiger partial charge in [-0.25, -0.2) is 0 Å². The van der Waals surface area contributed by atoms with E-state index in [0.29, 0.717) is 4.48 Å². The quantitative estimate of drug-likeness (QED) is 0.405. The van der Waals surface area contributed by atoms with E-state index < -0.39 is 0 Å². The number of quaternary nitrogens is 1. The van der Waals surface area contributed by atoms with Crippen molar-refractivity contribution in [1.29, 1.82) is 0 Å². The summed E-state index contributed by atoms with van der Waals surface area (Å²) in [5, 5.41) is 0. The summed E-state index contributed by atoms with van der Waals surface area (Å²) in [6, 6.07) is 9.28. The minimum Gasteiger partial charge on any atom is -0.304 e. The Labute approximate surface area is 85.1 Å². The number of benzene rings is 1. The van der Waals surface area contributed by atoms with Crippen LogP contribution in [0.25, 0.3) is 0 Å². The lowest BCUT2D eigenvalue weighted by Crippen LogP contribution is -2.27. The van der Waals surface area contributed by atoms with E-state index in [-0.39, 0.29) is 5.78 Å². The predicted molar refractivity (Wildman–Crippen MR) is 57.9 cm³/mol. The molecule has 0 N–H and O–H groups in total. The Balaban J connectivity index is 2.74. The molecule has 1 aromatic carbocycles. The minimum atomic E-state index is 0.0543. The lowest BCUT2D eigenvalue weighted by molar-refractivity contribution is -0.817. The minimum absolute atomic E-state index is 0.0543. The SMILES string of the molecule is C[N+](C)(C)C=CC(=O)c1ccccc1. The highest BCUT2D eigenvalue weighted by Crippen LogP contribution is 2.02. The molecule has 0 aliphatic rings. The van der Waals surface area contributed by atoms with Crippen LogP contribution < -0.4 is 0 Å². The molecule has 0 unspecified atom stereocenters. The van der Waals surface area contributed by atoms with Crippen LogP contribution in [-0.2, 0) is 0 Å². The topological polar surface area (TPSA) is 17.1 Å². The summed E-state index contributed by atoms with van der Waals surface area (Å²) in [6.07, 6.45) is 3.49. The average molecular weight is 190 g/mol. The van der Waals surface area contributed by atoms with Gasteiger partial charge in [-0.3, -0.25) is 4.79 Å². The zero-order chi connectivity index (χ0) is 10.6. The second-order valence-electron chi connectivity index (χ2n) is 4.16. The van der Waals surface area contributed by atoms with Crippen LogP contribution in [-0.4, -0.2) is 31.4 Å². The molecule has 2 heteroatoms. The summed E-state index contributed by atoms with van der Waals surface area (Å²) < 4.78 is 0.651. The van der Waals surface area contributed by atoms with Crippen LogP contribution in [0.5, 0.6) is 0 Å². The Morgan fingerprint density at radius 1 is 1.14 bits per heavy atom. The maximum atomic E-state index is 11.6. The van der Waals surface area contributed by atoms with Gasteiger partial charge >= 0.3 is 0 Å². The number of ketones is 1. The Morgan fingerprint density at radius 3 is 2.21 bits per heavy atom. The van der Waals surface area contributed by atoms with Gasteiger partial charge in [-0.2, -0.15) is 0 Å². The smallest absolute Gasteiger partial charge is 0.191 e. The fourth-order valence-corrected chi connectivity index (χ4v) is 0.990. The number of rotatable bonds is 3. The molecule has 2 nitrogen and oxygen atoms in total. The van der Waals surface area contributed by atoms with Crippen molar-refractivity contribution < 1.29 is 9.28 Å². The van der Waals surface area contributed by atoms with Gasteiger partial charge in [0.25, 0.3) is 0 Å². The molecule has 74 valence electrons. The van der Waals surface area contributed by atoms with Crippen molar-refractivity contribution >= 4 is 5.78 Å². The fraction of sp³-hybridized carbons (Fsp3) is 0.250. The number of nitrogens with zero attached hydrogens (tertiary/aromatic N) is 1. The summed E-state index contributed by atoms with van der Waals surface area (Å²) in [5.74, 6) is 0.0543. The molecule has 0 atom stereocenters. The summed E-state index contributed by atoms with van der Waals surface area (Å²) in [6.45, 7) is 0. The van der Waals surface area contributed by atoms with Crippen molar-refractivity contribution in [3.8, 4) is 0 Å². The first-order chi connectivity index (χ1) is 6.49. The Bertz CT molecular complexity index is 333. The number of carbonyl (C=O) groups excluding carboxylic acids is 1. The molecule has 0 heterocycles. The first-order valence-corrected chi connectivity index (χ1v) is 4.59. The molecule has 1 aromatic rings. The molecular weight excluding hydrogens is 174 g/mol. The second-order valence-corrected chi connectivity index (χ2v) is 4.16. The molecule has 0 bridgehead atoms. The van der Waals surface area contributed by atoms with E-state index in [2.05, 4.69) is 0 Å². The summed E-state index contributed by atoms with van der Waals surface area (Å²) in [5.41, 5.74) is 0.734. The van der Waals surface area contributed by atoms with Gasteiger partial charge in [0, 0.05) is 11.6 Å². The maximum Gasteiger partial charge on any atom is 0.191 e. The van der Waals surface area contributed by atoms with Crippen molar-refractivity contribution in [2.75, 3.05) is 21.1 Å². The first-order valence-electron chi connectivity index (χ1n) is 4.59. The molecule has 1 rings (SSSR count). The van der Waals surface area contributed by atoms with Crippen LogP contribution >= 0.6 is 0 Å². The Hall–Kier alpha value is -1.41. The van der Waals surface area contributed by atoms with Gasteiger partial charge in [0.05, 0.1) is 27.3 Å². The normalized spacial score (nSPS) is 11.9. The van der Waals surface area contributed by atoms with E-state index in [1.54, 1.807) is 6.08 Å². The third-order valence-corrected chi connectivity index (χ3v) is 1.73. The molecule has 0 spiro atoms. The third kappa shape index (κ3) is 3.54. The van der Waals surface area contributed by atoms with Crippen LogP contribution in [0.3, 0.4) is 0 Å². The van der Waals surface area contributed by atoms with Gasteiger partial charge in [-0.05, 0) is 0 Å². The van der Waals surface area contributed by atoms with E-state index in [4.69, 9.17) is 0 Å². The van der Waals surface area contributed by atoms with Crippen LogP contribution in [0, 0.1) is 0 Å². The van der Waals surface area contributed by atoms with Crippen molar-refractivity contribution in [3.63, 3.8) is 0 Å². The van der Waals surface area contributed by atoms with E-state index in [9.17, 15) is 4.79 Å². The van der Waals surface area contributed by atoms with Gasteiger partial charge < -0.3 is 4.48 Å². The zero-order valence-corrected chi connectivity index (χ0v) is 8.90. The second kappa shape index (κ2) is 4.20. The Kier molecular flexibility index (Phi) is 3.20. The number of hydrogen-bond acceptors (Lipinski definition) is 1. The van der Waals surface area contributed by atoms with Crippen LogP contribution in [0.1, 0.15) is 10.4 Å². The number of hydrogen-bond donors (Lipinski definition) is 0. The summed E-state index contributed by atoms with van der Waals surface area (Å²) >= 11 is 0. The van der Waals surface area contributed by atoms with Crippen LogP contribution in [0.4, 0.5) is 0 Å². The van der Waals surface area contributed by atoms with E-state index in [1.165, 1.54) is 0 Å². The highest BCUT2D eigenvalue weighted by atomic mass is 16.1. The molecule has 14 heavy (non-hydrogen) atoms. The highest BCUT2D eigenvalue weighted by molar-refractivity contribution is 6.04. The molecule has 0 aliphatic carbocycles. The number of allylic oxidation sites excluding steroid dienone is 1. The van der Waals surface area contributed by atoms with Gasteiger partial charge in [0.15, 0.2) is 5.78 Å². The monoisotopic (exact) mass is 190 g/mol. The van der Waals surface area contributed by atoms with Crippen molar-refractivity contribution in [1.82, 2.24) is 0 Å². The van der Waals surface area contributed by atoms with Gasteiger partial charge in [0.2, 0.25) is 0 Å². The zero-order valence-electron chi connectivity index (χ0n) is 8.90. The van der Waals surface area contributed by atoms with Gasteiger partial charge in [-0.1, -0.05) is 30.3 Å². The molecule has 0 radical (unpaired) electrons. The van der Waals surface area contributed by atoms with Crippen LogP contribution in [0.2, 0.25) is 0 Å². The molecule has 0 amide bonds. The number of carbonyl (C=O) groups is 1. The largest absolute Gasteiger partial charge is 0.304 e. The predicted octanol–water partition coefficient (Wildman–Crippen LogP) is 2.09. The molecular formula is C12H16NO+. The van der Waals surface area contributed by atoms with Gasteiger partial charge in [-0.15, -0.1) is 0 Å². The van der Waals surface area contributed by atoms with E-state index in [1.807, 2.05) is 57.7 Å². The fourth-order valence-electron chi connectivity index (χ4n) is 0.990. The van der Waals surface area contributed by atoms with Gasteiger partial charge in [0.1, 0.15) is 0 Å². The third-order valence-electron chi connectivity index (χ3n) is 1.73. The molecule has 0 aliphatic heterocycles. The maximum absolute atomic E-state index is 11.6. The summed E-state index contributed by atoms with van der Waals surface area (Å²) in [7, 11) is 6.03. The molecule has 0 saturated heterocycles. The highest BCUT2D eigenvalue weighted by Gasteiger charge is 2.04. The average Bonchev–Trinajstić information content (AvgIpc) is 2.14. The summed E-state index contributed by atoms with van der Waals surface area (Å²) in [4.78, 5) is 11.6. The lowest BCUT2D eigenvalue weighted by atomic mass is 10.1. The van der Waals surface area contributed by atoms with E-state index in [0.717, 1.165) is 5.56 Å². The molecule has 0 fully saturated rings. The first kappa shape index (κ1) is 10.7. The Morgan fingerprint density at radius 2 is 1.71 bits per heavy atom. The van der Waals surface area contributed by atoms with E-state index >= 15 is 0 Å². The van der Waals surface area contributed by atoms with Crippen molar-refractivity contribution in [2.45, 2.75) is 0 Å².